The van der Waals surface area contributed by atoms with E-state index in [1.54, 1.807) is 38.5 Å². The number of nitrogens with zero attached hydrogens (tertiary/aromatic N) is 2. The average Bonchev–Trinajstić information content (AvgIpc) is 3.06. The van der Waals surface area contributed by atoms with Gasteiger partial charge in [-0.25, -0.2) is 13.2 Å². The van der Waals surface area contributed by atoms with E-state index in [1.165, 1.54) is 4.31 Å². The summed E-state index contributed by atoms with van der Waals surface area (Å²) in [7, 11) is -0.669. The number of piperidine rings is 1. The molecule has 0 saturated carbocycles. The molecule has 3 aromatic rings. The number of fused-ring (bicyclic) bond motifs is 1. The van der Waals surface area contributed by atoms with Gasteiger partial charge in [0, 0.05) is 39.3 Å². The van der Waals surface area contributed by atoms with Crippen LogP contribution in [-0.2, 0) is 35.6 Å². The average molecular weight is 655 g/mol. The smallest absolute Gasteiger partial charge is 0.329 e. The molecule has 2 heterocycles. The number of methoxy groups -OCH3 is 2. The summed E-state index contributed by atoms with van der Waals surface area (Å²) in [5.74, 6) is -0.134. The van der Waals surface area contributed by atoms with Gasteiger partial charge in [0.15, 0.2) is 0 Å². The third kappa shape index (κ3) is 7.99. The van der Waals surface area contributed by atoms with Crippen LogP contribution in [-0.4, -0.2) is 96.2 Å². The van der Waals surface area contributed by atoms with E-state index < -0.39 is 40.7 Å². The number of anilines is 1. The van der Waals surface area contributed by atoms with Crippen LogP contribution in [0, 0.1) is 6.92 Å². The first-order chi connectivity index (χ1) is 22.2. The molecular weight excluding hydrogens is 612 g/mol. The molecule has 1 saturated heterocycles. The minimum atomic E-state index is -3.94. The van der Waals surface area contributed by atoms with Crippen LogP contribution in [0.15, 0.2) is 71.6 Å². The number of carboxylic acid groups (broad SMARTS) is 1. The predicted octanol–water partition coefficient (Wildman–Crippen LogP) is 4.08. The molecule has 0 unspecified atom stereocenters. The number of hydrogen-bond acceptors (Lipinski definition) is 9. The maximum absolute atomic E-state index is 13.9. The Hall–Kier alpha value is -3.68. The highest BCUT2D eigenvalue weighted by Gasteiger charge is 2.44. The summed E-state index contributed by atoms with van der Waals surface area (Å²) in [6, 6.07) is 20.0. The zero-order valence-electron chi connectivity index (χ0n) is 26.5. The Morgan fingerprint density at radius 2 is 1.70 bits per heavy atom. The number of sulfonamides is 1. The highest BCUT2D eigenvalue weighted by molar-refractivity contribution is 7.89. The fourth-order valence-corrected chi connectivity index (χ4v) is 7.45. The van der Waals surface area contributed by atoms with Crippen molar-refractivity contribution in [3.05, 3.63) is 83.4 Å². The van der Waals surface area contributed by atoms with Crippen molar-refractivity contribution < 1.29 is 42.0 Å². The second-order valence-electron chi connectivity index (χ2n) is 11.5. The van der Waals surface area contributed by atoms with Crippen LogP contribution in [0.25, 0.3) is 0 Å². The summed E-state index contributed by atoms with van der Waals surface area (Å²) in [4.78, 5) is 14.0. The number of rotatable bonds is 14. The number of aryl methyl sites for hydroxylation is 1. The number of carboxylic acids is 1. The van der Waals surface area contributed by atoms with Crippen LogP contribution in [0.1, 0.15) is 29.0 Å². The molecule has 0 aliphatic carbocycles. The summed E-state index contributed by atoms with van der Waals surface area (Å²) in [5, 5.41) is 9.48. The van der Waals surface area contributed by atoms with E-state index in [4.69, 9.17) is 23.7 Å². The molecule has 0 bridgehead atoms. The predicted molar refractivity (Wildman–Crippen MR) is 172 cm³/mol. The summed E-state index contributed by atoms with van der Waals surface area (Å²) in [6.45, 7) is 4.38. The van der Waals surface area contributed by atoms with Crippen molar-refractivity contribution in [3.8, 4) is 11.5 Å². The fraction of sp³-hybridized carbons (Fsp3) is 0.441. The molecule has 2 aliphatic heterocycles. The van der Waals surface area contributed by atoms with Crippen molar-refractivity contribution in [2.75, 3.05) is 65.1 Å². The highest BCUT2D eigenvalue weighted by Crippen LogP contribution is 2.37. The van der Waals surface area contributed by atoms with Gasteiger partial charge in [0.2, 0.25) is 10.0 Å². The number of aliphatic carboxylic acids is 1. The molecule has 11 nitrogen and oxygen atoms in total. The molecule has 46 heavy (non-hydrogen) atoms. The summed E-state index contributed by atoms with van der Waals surface area (Å²) >= 11 is 0. The van der Waals surface area contributed by atoms with Crippen LogP contribution >= 0.6 is 0 Å². The summed E-state index contributed by atoms with van der Waals surface area (Å²) in [5.41, 5.74) is 3.64. The van der Waals surface area contributed by atoms with E-state index in [0.717, 1.165) is 47.6 Å². The Bertz CT molecular complexity index is 1560. The van der Waals surface area contributed by atoms with Gasteiger partial charge in [0.1, 0.15) is 24.7 Å². The minimum absolute atomic E-state index is 0.0351. The fourth-order valence-electron chi connectivity index (χ4n) is 5.99. The largest absolute Gasteiger partial charge is 0.497 e. The topological polar surface area (TPSA) is 124 Å². The monoisotopic (exact) mass is 654 g/mol. The second-order valence-corrected chi connectivity index (χ2v) is 13.4. The lowest BCUT2D eigenvalue weighted by molar-refractivity contribution is -0.148. The van der Waals surface area contributed by atoms with Gasteiger partial charge in [-0.05, 0) is 60.9 Å². The van der Waals surface area contributed by atoms with Crippen molar-refractivity contribution >= 4 is 21.7 Å². The van der Waals surface area contributed by atoms with E-state index in [1.807, 2.05) is 49.4 Å². The first-order valence-electron chi connectivity index (χ1n) is 15.3. The molecule has 0 radical (unpaired) electrons. The Balaban J connectivity index is 1.46. The SMILES string of the molecule is COCCCN1CCOc2ccc(CO[C@H]3CN(S(=O)(=O)c4ccc(C)cc4)C[C@@H](OCC(=O)O)[C@@H]3c3ccc(OC)cc3)cc21. The molecule has 3 aromatic carbocycles. The normalized spacial score (nSPS) is 20.2. The molecule has 248 valence electrons. The van der Waals surface area contributed by atoms with Gasteiger partial charge >= 0.3 is 5.97 Å². The number of hydrogen-bond donors (Lipinski definition) is 1. The third-order valence-electron chi connectivity index (χ3n) is 8.37. The van der Waals surface area contributed by atoms with Crippen LogP contribution in [0.3, 0.4) is 0 Å². The quantitative estimate of drug-likeness (QED) is 0.254. The molecule has 3 atom stereocenters. The van der Waals surface area contributed by atoms with Crippen LogP contribution in [0.2, 0.25) is 0 Å². The second kappa shape index (κ2) is 15.3. The molecule has 2 aliphatic rings. The Morgan fingerprint density at radius 1 is 0.978 bits per heavy atom. The first-order valence-corrected chi connectivity index (χ1v) is 16.8. The number of benzene rings is 3. The van der Waals surface area contributed by atoms with E-state index in [-0.39, 0.29) is 24.6 Å². The van der Waals surface area contributed by atoms with Crippen LogP contribution in [0.5, 0.6) is 11.5 Å². The molecule has 5 rings (SSSR count). The molecule has 0 spiro atoms. The van der Waals surface area contributed by atoms with E-state index >= 15 is 0 Å². The summed E-state index contributed by atoms with van der Waals surface area (Å²) < 4.78 is 58.1. The molecule has 0 amide bonds. The molecule has 1 fully saturated rings. The van der Waals surface area contributed by atoms with Crippen LogP contribution in [0.4, 0.5) is 5.69 Å². The Labute approximate surface area is 270 Å². The lowest BCUT2D eigenvalue weighted by Gasteiger charge is -2.43. The molecule has 0 aromatic heterocycles. The van der Waals surface area contributed by atoms with Gasteiger partial charge in [-0.1, -0.05) is 35.9 Å². The van der Waals surface area contributed by atoms with Gasteiger partial charge in [-0.3, -0.25) is 0 Å². The van der Waals surface area contributed by atoms with E-state index in [0.29, 0.717) is 19.0 Å². The first kappa shape index (κ1) is 33.7. The minimum Gasteiger partial charge on any atom is -0.497 e. The highest BCUT2D eigenvalue weighted by atomic mass is 32.2. The van der Waals surface area contributed by atoms with Crippen molar-refractivity contribution in [1.82, 2.24) is 4.31 Å². The van der Waals surface area contributed by atoms with Crippen molar-refractivity contribution in [3.63, 3.8) is 0 Å². The lowest BCUT2D eigenvalue weighted by atomic mass is 9.85. The number of ether oxygens (including phenoxy) is 5. The van der Waals surface area contributed by atoms with Crippen molar-refractivity contribution in [2.45, 2.75) is 43.0 Å². The third-order valence-corrected chi connectivity index (χ3v) is 10.2. The van der Waals surface area contributed by atoms with E-state index in [2.05, 4.69) is 4.90 Å². The van der Waals surface area contributed by atoms with Crippen molar-refractivity contribution in [1.29, 1.82) is 0 Å². The van der Waals surface area contributed by atoms with Gasteiger partial charge < -0.3 is 33.7 Å². The zero-order valence-corrected chi connectivity index (χ0v) is 27.3. The molecule has 12 heteroatoms. The van der Waals surface area contributed by atoms with Gasteiger partial charge in [-0.15, -0.1) is 0 Å². The molecular formula is C34H42N2O9S. The van der Waals surface area contributed by atoms with Gasteiger partial charge in [0.25, 0.3) is 0 Å². The standard InChI is InChI=1S/C34H42N2O9S/c1-24-5-12-28(13-6-24)46(39,40)36-20-31(34(32(21-36)45-23-33(37)38)26-8-10-27(42-3)11-9-26)44-22-25-7-14-30-29(19-25)35(16-18-43-30)15-4-17-41-2/h5-14,19,31-32,34H,4,15-18,20-23H2,1-3H3,(H,37,38)/t31-,32+,34+/m0/s1. The number of carbonyl (C=O) groups is 1. The van der Waals surface area contributed by atoms with E-state index in [9.17, 15) is 18.3 Å². The molecule has 1 N–H and O–H groups in total. The van der Waals surface area contributed by atoms with Crippen molar-refractivity contribution in [2.24, 2.45) is 0 Å². The Kier molecular flexibility index (Phi) is 11.2. The van der Waals surface area contributed by atoms with Gasteiger partial charge in [0.05, 0.1) is 43.1 Å². The van der Waals surface area contributed by atoms with Gasteiger partial charge in [-0.2, -0.15) is 4.31 Å². The lowest BCUT2D eigenvalue weighted by Crippen LogP contribution is -2.54. The summed E-state index contributed by atoms with van der Waals surface area (Å²) in [6.07, 6.45) is -0.575. The van der Waals surface area contributed by atoms with Crippen LogP contribution < -0.4 is 14.4 Å². The maximum atomic E-state index is 13.9. The zero-order chi connectivity index (χ0) is 32.7. The Morgan fingerprint density at radius 3 is 2.37 bits per heavy atom. The maximum Gasteiger partial charge on any atom is 0.329 e.